The summed E-state index contributed by atoms with van der Waals surface area (Å²) < 4.78 is 2.00. The van der Waals surface area contributed by atoms with Crippen molar-refractivity contribution in [2.75, 3.05) is 11.1 Å². The molecule has 1 aromatic heterocycles. The molecule has 0 bridgehead atoms. The highest BCUT2D eigenvalue weighted by atomic mass is 32.2. The minimum absolute atomic E-state index is 0.0643. The van der Waals surface area contributed by atoms with Crippen molar-refractivity contribution < 1.29 is 4.79 Å². The first-order valence-corrected chi connectivity index (χ1v) is 12.5. The first kappa shape index (κ1) is 24.8. The van der Waals surface area contributed by atoms with Crippen LogP contribution in [0.5, 0.6) is 0 Å². The number of benzene rings is 2. The fourth-order valence-electron chi connectivity index (χ4n) is 3.48. The lowest BCUT2D eigenvalue weighted by molar-refractivity contribution is -0.113. The number of thioether (sulfide) groups is 1. The molecule has 33 heavy (non-hydrogen) atoms. The number of unbranched alkanes of at least 4 members (excludes halogenated alkanes) is 1. The van der Waals surface area contributed by atoms with Gasteiger partial charge in [0.25, 0.3) is 0 Å². The van der Waals surface area contributed by atoms with Gasteiger partial charge in [-0.2, -0.15) is 0 Å². The van der Waals surface area contributed by atoms with Crippen LogP contribution in [0.25, 0.3) is 11.4 Å². The van der Waals surface area contributed by atoms with Crippen LogP contribution in [0.3, 0.4) is 0 Å². The quantitative estimate of drug-likeness (QED) is 0.276. The highest BCUT2D eigenvalue weighted by molar-refractivity contribution is 7.99. The molecular weight excluding hydrogens is 428 g/mol. The number of carbonyl (C=O) groups excluding carboxylic acids is 1. The average molecular weight is 463 g/mol. The Hall–Kier alpha value is -2.86. The van der Waals surface area contributed by atoms with Crippen molar-refractivity contribution in [2.24, 2.45) is 0 Å². The predicted molar refractivity (Wildman–Crippen MR) is 139 cm³/mol. The van der Waals surface area contributed by atoms with Crippen LogP contribution in [0.1, 0.15) is 51.7 Å². The number of allylic oxidation sites excluding steroid dienone is 1. The summed E-state index contributed by atoms with van der Waals surface area (Å²) in [7, 11) is 0. The van der Waals surface area contributed by atoms with Crippen LogP contribution in [0.4, 0.5) is 5.69 Å². The maximum absolute atomic E-state index is 12.5. The van der Waals surface area contributed by atoms with E-state index >= 15 is 0 Å². The van der Waals surface area contributed by atoms with Crippen molar-refractivity contribution in [2.45, 2.75) is 64.1 Å². The number of aryl methyl sites for hydroxylation is 1. The summed E-state index contributed by atoms with van der Waals surface area (Å²) in [5.41, 5.74) is 4.47. The van der Waals surface area contributed by atoms with Crippen molar-refractivity contribution in [3.8, 4) is 11.4 Å². The SMILES string of the molecule is C=CCn1c(SCC(=O)Nc2ccc(CCCC)cc2)nnc1-c1ccc(C(C)(C)C)cc1. The van der Waals surface area contributed by atoms with Gasteiger partial charge >= 0.3 is 0 Å². The second kappa shape index (κ2) is 11.3. The van der Waals surface area contributed by atoms with E-state index in [0.29, 0.717) is 11.7 Å². The van der Waals surface area contributed by atoms with Crippen LogP contribution in [0.2, 0.25) is 0 Å². The number of aromatic nitrogens is 3. The van der Waals surface area contributed by atoms with E-state index in [9.17, 15) is 4.79 Å². The minimum Gasteiger partial charge on any atom is -0.325 e. The van der Waals surface area contributed by atoms with Crippen LogP contribution in [-0.4, -0.2) is 26.4 Å². The standard InChI is InChI=1S/C27H34N4OS/c1-6-8-9-20-10-16-23(17-11-20)28-24(32)19-33-26-30-29-25(31(26)18-7-2)21-12-14-22(15-13-21)27(3,4)5/h7,10-17H,2,6,8-9,18-19H2,1,3-5H3,(H,28,32). The molecule has 5 nitrogen and oxygen atoms in total. The monoisotopic (exact) mass is 462 g/mol. The normalized spacial score (nSPS) is 11.4. The lowest BCUT2D eigenvalue weighted by Gasteiger charge is -2.19. The molecule has 174 valence electrons. The van der Waals surface area contributed by atoms with Crippen LogP contribution in [-0.2, 0) is 23.2 Å². The van der Waals surface area contributed by atoms with Crippen LogP contribution < -0.4 is 5.32 Å². The molecule has 0 unspecified atom stereocenters. The number of hydrogen-bond donors (Lipinski definition) is 1. The molecule has 0 aliphatic rings. The number of nitrogens with zero attached hydrogens (tertiary/aromatic N) is 3. The minimum atomic E-state index is -0.0643. The number of carbonyl (C=O) groups is 1. The first-order valence-electron chi connectivity index (χ1n) is 11.5. The molecule has 1 heterocycles. The maximum atomic E-state index is 12.5. The van der Waals surface area contributed by atoms with Gasteiger partial charge in [0.05, 0.1) is 5.75 Å². The summed E-state index contributed by atoms with van der Waals surface area (Å²) in [5.74, 6) is 0.974. The summed E-state index contributed by atoms with van der Waals surface area (Å²) >= 11 is 1.38. The molecule has 1 N–H and O–H groups in total. The zero-order chi connectivity index (χ0) is 23.8. The second-order valence-electron chi connectivity index (χ2n) is 9.17. The Kier molecular flexibility index (Phi) is 8.50. The predicted octanol–water partition coefficient (Wildman–Crippen LogP) is 6.50. The van der Waals surface area contributed by atoms with Crippen LogP contribution in [0.15, 0.2) is 66.3 Å². The third kappa shape index (κ3) is 6.81. The summed E-state index contributed by atoms with van der Waals surface area (Å²) in [4.78, 5) is 12.5. The zero-order valence-electron chi connectivity index (χ0n) is 20.1. The molecular formula is C27H34N4OS. The largest absolute Gasteiger partial charge is 0.325 e. The van der Waals surface area contributed by atoms with Gasteiger partial charge in [0, 0.05) is 17.8 Å². The Morgan fingerprint density at radius 3 is 2.39 bits per heavy atom. The molecule has 0 saturated heterocycles. The van der Waals surface area contributed by atoms with E-state index in [-0.39, 0.29) is 17.1 Å². The number of hydrogen-bond acceptors (Lipinski definition) is 4. The Balaban J connectivity index is 1.65. The Morgan fingerprint density at radius 2 is 1.79 bits per heavy atom. The molecule has 0 spiro atoms. The second-order valence-corrected chi connectivity index (χ2v) is 10.1. The molecule has 3 aromatic rings. The molecule has 0 fully saturated rings. The van der Waals surface area contributed by atoms with Crippen molar-refractivity contribution in [1.29, 1.82) is 0 Å². The maximum Gasteiger partial charge on any atom is 0.234 e. The Labute approximate surface area is 201 Å². The van der Waals surface area contributed by atoms with Gasteiger partial charge < -0.3 is 5.32 Å². The summed E-state index contributed by atoms with van der Waals surface area (Å²) in [6.07, 6.45) is 5.24. The topological polar surface area (TPSA) is 59.8 Å². The van der Waals surface area contributed by atoms with Crippen molar-refractivity contribution in [3.05, 3.63) is 72.3 Å². The number of nitrogens with one attached hydrogen (secondary N) is 1. The molecule has 1 amide bonds. The Morgan fingerprint density at radius 1 is 1.09 bits per heavy atom. The molecule has 2 aromatic carbocycles. The van der Waals surface area contributed by atoms with Gasteiger partial charge in [-0.05, 0) is 41.5 Å². The van der Waals surface area contributed by atoms with Gasteiger partial charge in [0.15, 0.2) is 11.0 Å². The summed E-state index contributed by atoms with van der Waals surface area (Å²) in [5, 5.41) is 12.4. The lowest BCUT2D eigenvalue weighted by atomic mass is 9.87. The van der Waals surface area contributed by atoms with E-state index in [2.05, 4.69) is 86.2 Å². The van der Waals surface area contributed by atoms with Gasteiger partial charge in [-0.1, -0.05) is 88.4 Å². The molecule has 0 radical (unpaired) electrons. The van der Waals surface area contributed by atoms with E-state index in [0.717, 1.165) is 23.5 Å². The fraction of sp³-hybridized carbons (Fsp3) is 0.370. The molecule has 3 rings (SSSR count). The van der Waals surface area contributed by atoms with Crippen molar-refractivity contribution >= 4 is 23.4 Å². The lowest BCUT2D eigenvalue weighted by Crippen LogP contribution is -2.14. The fourth-order valence-corrected chi connectivity index (χ4v) is 4.23. The van der Waals surface area contributed by atoms with Gasteiger partial charge in [-0.25, -0.2) is 0 Å². The van der Waals surface area contributed by atoms with E-state index in [1.165, 1.54) is 35.7 Å². The van der Waals surface area contributed by atoms with Gasteiger partial charge in [-0.15, -0.1) is 16.8 Å². The van der Waals surface area contributed by atoms with E-state index in [1.807, 2.05) is 22.8 Å². The van der Waals surface area contributed by atoms with Gasteiger partial charge in [0.1, 0.15) is 0 Å². The molecule has 6 heteroatoms. The van der Waals surface area contributed by atoms with Gasteiger partial charge in [-0.3, -0.25) is 9.36 Å². The van der Waals surface area contributed by atoms with Crippen molar-refractivity contribution in [3.63, 3.8) is 0 Å². The number of rotatable bonds is 10. The van der Waals surface area contributed by atoms with Gasteiger partial charge in [0.2, 0.25) is 5.91 Å². The zero-order valence-corrected chi connectivity index (χ0v) is 20.9. The third-order valence-corrected chi connectivity index (χ3v) is 6.39. The first-order chi connectivity index (χ1) is 15.8. The van der Waals surface area contributed by atoms with Crippen LogP contribution in [0, 0.1) is 0 Å². The van der Waals surface area contributed by atoms with E-state index in [4.69, 9.17) is 0 Å². The van der Waals surface area contributed by atoms with E-state index < -0.39 is 0 Å². The number of amides is 1. The highest BCUT2D eigenvalue weighted by Gasteiger charge is 2.17. The average Bonchev–Trinajstić information content (AvgIpc) is 3.19. The highest BCUT2D eigenvalue weighted by Crippen LogP contribution is 2.28. The molecule has 0 atom stereocenters. The molecule has 0 aliphatic heterocycles. The summed E-state index contributed by atoms with van der Waals surface area (Å²) in [6, 6.07) is 16.5. The number of anilines is 1. The summed E-state index contributed by atoms with van der Waals surface area (Å²) in [6.45, 7) is 13.2. The van der Waals surface area contributed by atoms with Crippen LogP contribution >= 0.6 is 11.8 Å². The van der Waals surface area contributed by atoms with E-state index in [1.54, 1.807) is 0 Å². The molecule has 0 saturated carbocycles. The van der Waals surface area contributed by atoms with Crippen molar-refractivity contribution in [1.82, 2.24) is 14.8 Å². The smallest absolute Gasteiger partial charge is 0.234 e. The Bertz CT molecular complexity index is 1060. The third-order valence-electron chi connectivity index (χ3n) is 5.43. The molecule has 0 aliphatic carbocycles.